The molecule has 0 fully saturated rings. The third kappa shape index (κ3) is 11.7. The van der Waals surface area contributed by atoms with Gasteiger partial charge in [0.25, 0.3) is 0 Å². The summed E-state index contributed by atoms with van der Waals surface area (Å²) in [5.41, 5.74) is 0. The Labute approximate surface area is 106 Å². The Morgan fingerprint density at radius 2 is 2.00 bits per heavy atom. The lowest BCUT2D eigenvalue weighted by molar-refractivity contribution is -0.122. The Bertz CT molecular complexity index is 183. The largest absolute Gasteiger partial charge is 0.381 e. The van der Waals surface area contributed by atoms with Crippen LogP contribution < -0.4 is 5.32 Å². The van der Waals surface area contributed by atoms with Crippen LogP contribution in [0.3, 0.4) is 0 Å². The lowest BCUT2D eigenvalue weighted by Gasteiger charge is -2.09. The van der Waals surface area contributed by atoms with Crippen LogP contribution in [0.15, 0.2) is 0 Å². The number of hydrogen-bond acceptors (Lipinski definition) is 2. The smallest absolute Gasteiger partial charge is 0.222 e. The van der Waals surface area contributed by atoms with Gasteiger partial charge in [-0.25, -0.2) is 0 Å². The topological polar surface area (TPSA) is 38.3 Å². The molecule has 1 amide bonds. The van der Waals surface area contributed by atoms with Crippen LogP contribution in [-0.2, 0) is 9.53 Å². The van der Waals surface area contributed by atoms with Gasteiger partial charge in [0, 0.05) is 19.6 Å². The summed E-state index contributed by atoms with van der Waals surface area (Å²) in [5, 5.41) is 2.91. The van der Waals surface area contributed by atoms with Gasteiger partial charge in [0.15, 0.2) is 0 Å². The van der Waals surface area contributed by atoms with Crippen molar-refractivity contribution in [2.75, 3.05) is 19.8 Å². The highest BCUT2D eigenvalue weighted by Crippen LogP contribution is 2.05. The minimum Gasteiger partial charge on any atom is -0.381 e. The Balaban J connectivity index is 3.22. The van der Waals surface area contributed by atoms with Gasteiger partial charge in [-0.1, -0.05) is 40.0 Å². The zero-order valence-electron chi connectivity index (χ0n) is 11.8. The zero-order valence-corrected chi connectivity index (χ0v) is 11.8. The highest BCUT2D eigenvalue weighted by atomic mass is 16.5. The highest BCUT2D eigenvalue weighted by Gasteiger charge is 2.01. The lowest BCUT2D eigenvalue weighted by atomic mass is 10.1. The molecule has 0 heterocycles. The fourth-order valence-electron chi connectivity index (χ4n) is 1.45. The molecule has 0 aliphatic heterocycles. The monoisotopic (exact) mass is 243 g/mol. The van der Waals surface area contributed by atoms with Crippen LogP contribution in [0.4, 0.5) is 0 Å². The number of amides is 1. The van der Waals surface area contributed by atoms with Crippen molar-refractivity contribution in [1.29, 1.82) is 0 Å². The number of nitrogens with one attached hydrogen (secondary N) is 1. The van der Waals surface area contributed by atoms with Gasteiger partial charge < -0.3 is 10.1 Å². The summed E-state index contributed by atoms with van der Waals surface area (Å²) in [4.78, 5) is 11.4. The predicted molar refractivity (Wildman–Crippen MR) is 72.0 cm³/mol. The van der Waals surface area contributed by atoms with Gasteiger partial charge in [0.05, 0.1) is 6.61 Å². The number of carbonyl (C=O) groups is 1. The third-order valence-corrected chi connectivity index (χ3v) is 3.03. The molecule has 102 valence electrons. The van der Waals surface area contributed by atoms with E-state index in [1.165, 1.54) is 19.3 Å². The van der Waals surface area contributed by atoms with Crippen LogP contribution in [-0.4, -0.2) is 25.7 Å². The molecule has 0 spiro atoms. The highest BCUT2D eigenvalue weighted by molar-refractivity contribution is 5.75. The van der Waals surface area contributed by atoms with E-state index in [2.05, 4.69) is 26.1 Å². The molecule has 0 saturated heterocycles. The summed E-state index contributed by atoms with van der Waals surface area (Å²) in [6.07, 6.45) is 6.24. The van der Waals surface area contributed by atoms with E-state index in [0.717, 1.165) is 31.9 Å². The van der Waals surface area contributed by atoms with Crippen LogP contribution in [0, 0.1) is 5.92 Å². The summed E-state index contributed by atoms with van der Waals surface area (Å²) in [6.45, 7) is 8.71. The molecular weight excluding hydrogens is 214 g/mol. The molecule has 17 heavy (non-hydrogen) atoms. The molecule has 0 aromatic heterocycles. The Hall–Kier alpha value is -0.570. The molecule has 0 aromatic carbocycles. The molecule has 0 rings (SSSR count). The minimum absolute atomic E-state index is 0.115. The van der Waals surface area contributed by atoms with E-state index in [4.69, 9.17) is 4.74 Å². The minimum atomic E-state index is 0.115. The molecule has 0 aliphatic rings. The van der Waals surface area contributed by atoms with Crippen molar-refractivity contribution in [2.45, 2.75) is 59.3 Å². The van der Waals surface area contributed by atoms with Gasteiger partial charge in [-0.05, 0) is 18.8 Å². The molecular formula is C14H29NO2. The maximum atomic E-state index is 11.4. The summed E-state index contributed by atoms with van der Waals surface area (Å²) < 4.78 is 5.44. The summed E-state index contributed by atoms with van der Waals surface area (Å²) in [7, 11) is 0. The van der Waals surface area contributed by atoms with Crippen molar-refractivity contribution in [3.8, 4) is 0 Å². The van der Waals surface area contributed by atoms with Gasteiger partial charge in [-0.2, -0.15) is 0 Å². The molecule has 0 saturated carbocycles. The van der Waals surface area contributed by atoms with Crippen molar-refractivity contribution in [3.05, 3.63) is 0 Å². The average molecular weight is 243 g/mol. The number of carbonyl (C=O) groups excluding carboxylic acids is 1. The number of ether oxygens (including phenoxy) is 1. The van der Waals surface area contributed by atoms with Crippen molar-refractivity contribution >= 4 is 5.91 Å². The number of unbranched alkanes of at least 4 members (excludes halogenated alkanes) is 2. The zero-order chi connectivity index (χ0) is 12.9. The van der Waals surface area contributed by atoms with E-state index in [1.54, 1.807) is 0 Å². The van der Waals surface area contributed by atoms with Gasteiger partial charge >= 0.3 is 0 Å². The SMILES string of the molecule is CCCCCNC(=O)CCOCCC(C)CC. The maximum absolute atomic E-state index is 11.4. The molecule has 3 nitrogen and oxygen atoms in total. The molecule has 0 radical (unpaired) electrons. The molecule has 1 unspecified atom stereocenters. The summed E-state index contributed by atoms with van der Waals surface area (Å²) in [6, 6.07) is 0. The van der Waals surface area contributed by atoms with Crippen molar-refractivity contribution in [3.63, 3.8) is 0 Å². The van der Waals surface area contributed by atoms with Crippen LogP contribution in [0.1, 0.15) is 59.3 Å². The van der Waals surface area contributed by atoms with Gasteiger partial charge in [-0.15, -0.1) is 0 Å². The Morgan fingerprint density at radius 3 is 2.65 bits per heavy atom. The van der Waals surface area contributed by atoms with E-state index in [0.29, 0.717) is 13.0 Å². The standard InChI is InChI=1S/C14H29NO2/c1-4-6-7-10-15-14(16)9-12-17-11-8-13(3)5-2/h13H,4-12H2,1-3H3,(H,15,16). The van der Waals surface area contributed by atoms with Crippen LogP contribution in [0.25, 0.3) is 0 Å². The van der Waals surface area contributed by atoms with Crippen molar-refractivity contribution < 1.29 is 9.53 Å². The molecule has 0 aliphatic carbocycles. The second kappa shape index (κ2) is 11.9. The van der Waals surface area contributed by atoms with Crippen LogP contribution in [0.2, 0.25) is 0 Å². The van der Waals surface area contributed by atoms with E-state index in [1.807, 2.05) is 0 Å². The first-order valence-electron chi connectivity index (χ1n) is 7.05. The van der Waals surface area contributed by atoms with Gasteiger partial charge in [0.1, 0.15) is 0 Å². The summed E-state index contributed by atoms with van der Waals surface area (Å²) >= 11 is 0. The van der Waals surface area contributed by atoms with Crippen LogP contribution in [0.5, 0.6) is 0 Å². The molecule has 0 aromatic rings. The number of hydrogen-bond donors (Lipinski definition) is 1. The predicted octanol–water partition coefficient (Wildman–Crippen LogP) is 3.14. The fraction of sp³-hybridized carbons (Fsp3) is 0.929. The Kier molecular flexibility index (Phi) is 11.5. The molecule has 1 atom stereocenters. The first-order valence-corrected chi connectivity index (χ1v) is 7.05. The first-order chi connectivity index (χ1) is 8.20. The third-order valence-electron chi connectivity index (χ3n) is 3.03. The van der Waals surface area contributed by atoms with E-state index in [-0.39, 0.29) is 5.91 Å². The quantitative estimate of drug-likeness (QED) is 0.566. The average Bonchev–Trinajstić information content (AvgIpc) is 2.34. The first kappa shape index (κ1) is 16.4. The summed E-state index contributed by atoms with van der Waals surface area (Å²) in [5.74, 6) is 0.836. The number of rotatable bonds is 11. The van der Waals surface area contributed by atoms with Crippen molar-refractivity contribution in [2.24, 2.45) is 5.92 Å². The Morgan fingerprint density at radius 1 is 1.24 bits per heavy atom. The van der Waals surface area contributed by atoms with E-state index >= 15 is 0 Å². The van der Waals surface area contributed by atoms with E-state index < -0.39 is 0 Å². The maximum Gasteiger partial charge on any atom is 0.222 e. The normalized spacial score (nSPS) is 12.4. The fourth-order valence-corrected chi connectivity index (χ4v) is 1.45. The molecule has 3 heteroatoms. The van der Waals surface area contributed by atoms with Crippen LogP contribution >= 0.6 is 0 Å². The molecule has 1 N–H and O–H groups in total. The van der Waals surface area contributed by atoms with E-state index in [9.17, 15) is 4.79 Å². The van der Waals surface area contributed by atoms with Crippen molar-refractivity contribution in [1.82, 2.24) is 5.32 Å². The molecule has 0 bridgehead atoms. The second-order valence-corrected chi connectivity index (χ2v) is 4.72. The second-order valence-electron chi connectivity index (χ2n) is 4.72. The lowest BCUT2D eigenvalue weighted by Crippen LogP contribution is -2.25. The van der Waals surface area contributed by atoms with Gasteiger partial charge in [-0.3, -0.25) is 4.79 Å². The van der Waals surface area contributed by atoms with Gasteiger partial charge in [0.2, 0.25) is 5.91 Å².